The Morgan fingerprint density at radius 1 is 1.59 bits per heavy atom. The van der Waals surface area contributed by atoms with Crippen molar-refractivity contribution >= 4 is 17.1 Å². The summed E-state index contributed by atoms with van der Waals surface area (Å²) in [6.45, 7) is 0.559. The molecule has 2 rings (SSSR count). The minimum atomic E-state index is 0.0255. The van der Waals surface area contributed by atoms with E-state index < -0.39 is 0 Å². The lowest BCUT2D eigenvalue weighted by molar-refractivity contribution is 0.0988. The summed E-state index contributed by atoms with van der Waals surface area (Å²) >= 11 is 1.49. The topological polar surface area (TPSA) is 73.8 Å². The van der Waals surface area contributed by atoms with E-state index in [1.54, 1.807) is 16.3 Å². The summed E-state index contributed by atoms with van der Waals surface area (Å²) in [6, 6.07) is 0. The summed E-state index contributed by atoms with van der Waals surface area (Å²) in [7, 11) is 1.83. The average molecular weight is 250 g/mol. The Kier molecular flexibility index (Phi) is 3.65. The normalized spacial score (nSPS) is 10.7. The molecule has 0 aliphatic carbocycles. The second-order valence-electron chi connectivity index (χ2n) is 3.79. The lowest BCUT2D eigenvalue weighted by Gasteiger charge is -1.93. The number of nitrogens with zero attached hydrogens (tertiary/aromatic N) is 3. The molecule has 5 nitrogen and oxygen atoms in total. The molecular weight excluding hydrogens is 236 g/mol. The van der Waals surface area contributed by atoms with Gasteiger partial charge in [-0.25, -0.2) is 4.98 Å². The second kappa shape index (κ2) is 5.20. The van der Waals surface area contributed by atoms with E-state index in [-0.39, 0.29) is 5.78 Å². The van der Waals surface area contributed by atoms with Gasteiger partial charge in [0.15, 0.2) is 5.78 Å². The van der Waals surface area contributed by atoms with Gasteiger partial charge in [-0.1, -0.05) is 0 Å². The number of hydrogen-bond donors (Lipinski definition) is 1. The fourth-order valence-corrected chi connectivity index (χ4v) is 2.33. The maximum atomic E-state index is 11.9. The highest BCUT2D eigenvalue weighted by Gasteiger charge is 2.12. The van der Waals surface area contributed by atoms with Gasteiger partial charge in [0.2, 0.25) is 0 Å². The third-order valence-electron chi connectivity index (χ3n) is 2.32. The van der Waals surface area contributed by atoms with Gasteiger partial charge in [0.1, 0.15) is 5.69 Å². The van der Waals surface area contributed by atoms with Gasteiger partial charge in [-0.15, -0.1) is 11.3 Å². The van der Waals surface area contributed by atoms with Crippen LogP contribution in [0.25, 0.3) is 0 Å². The minimum Gasteiger partial charge on any atom is -0.330 e. The largest absolute Gasteiger partial charge is 0.330 e. The molecule has 17 heavy (non-hydrogen) atoms. The van der Waals surface area contributed by atoms with Crippen molar-refractivity contribution in [1.82, 2.24) is 14.8 Å². The average Bonchev–Trinajstić information content (AvgIpc) is 2.88. The van der Waals surface area contributed by atoms with Crippen molar-refractivity contribution in [2.75, 3.05) is 6.54 Å². The lowest BCUT2D eigenvalue weighted by Crippen LogP contribution is -2.05. The van der Waals surface area contributed by atoms with Gasteiger partial charge in [0, 0.05) is 31.5 Å². The highest BCUT2D eigenvalue weighted by molar-refractivity contribution is 7.09. The summed E-state index contributed by atoms with van der Waals surface area (Å²) in [5.41, 5.74) is 6.88. The molecule has 0 fully saturated rings. The quantitative estimate of drug-likeness (QED) is 0.797. The number of Topliss-reactive ketones (excluding diaryl/α,β-unsaturated/α-hetero) is 1. The van der Waals surface area contributed by atoms with E-state index in [1.807, 2.05) is 13.2 Å². The van der Waals surface area contributed by atoms with Crippen LogP contribution in [0.3, 0.4) is 0 Å². The molecule has 2 aromatic rings. The predicted octanol–water partition coefficient (Wildman–Crippen LogP) is 0.803. The first kappa shape index (κ1) is 11.9. The van der Waals surface area contributed by atoms with Crippen LogP contribution in [0.4, 0.5) is 0 Å². The van der Waals surface area contributed by atoms with Crippen LogP contribution in [0, 0.1) is 0 Å². The summed E-state index contributed by atoms with van der Waals surface area (Å²) in [5, 5.41) is 6.74. The van der Waals surface area contributed by atoms with Crippen LogP contribution in [-0.2, 0) is 19.9 Å². The first-order valence-electron chi connectivity index (χ1n) is 5.34. The standard InChI is InChI=1S/C11H14N4OS/c1-15-6-8(5-13-15)4-10(16)9-7-17-11(14-9)2-3-12/h5-7H,2-4,12H2,1H3. The zero-order valence-electron chi connectivity index (χ0n) is 9.59. The van der Waals surface area contributed by atoms with Crippen LogP contribution < -0.4 is 5.73 Å². The van der Waals surface area contributed by atoms with Gasteiger partial charge in [-0.05, 0) is 12.1 Å². The molecule has 0 unspecified atom stereocenters. The minimum absolute atomic E-state index is 0.0255. The van der Waals surface area contributed by atoms with E-state index in [0.29, 0.717) is 18.7 Å². The van der Waals surface area contributed by atoms with Crippen molar-refractivity contribution in [2.45, 2.75) is 12.8 Å². The van der Waals surface area contributed by atoms with Crippen LogP contribution in [0.2, 0.25) is 0 Å². The van der Waals surface area contributed by atoms with Gasteiger partial charge in [0.05, 0.1) is 11.2 Å². The summed E-state index contributed by atoms with van der Waals surface area (Å²) in [5.74, 6) is 0.0255. The highest BCUT2D eigenvalue weighted by Crippen LogP contribution is 2.12. The van der Waals surface area contributed by atoms with Crippen LogP contribution in [0.5, 0.6) is 0 Å². The monoisotopic (exact) mass is 250 g/mol. The van der Waals surface area contributed by atoms with Crippen LogP contribution in [0.1, 0.15) is 21.1 Å². The Hall–Kier alpha value is -1.53. The van der Waals surface area contributed by atoms with Crippen LogP contribution >= 0.6 is 11.3 Å². The van der Waals surface area contributed by atoms with E-state index in [0.717, 1.165) is 17.0 Å². The Labute approximate surface area is 103 Å². The van der Waals surface area contributed by atoms with Gasteiger partial charge < -0.3 is 5.73 Å². The van der Waals surface area contributed by atoms with Crippen LogP contribution in [-0.4, -0.2) is 27.1 Å². The Balaban J connectivity index is 2.03. The van der Waals surface area contributed by atoms with E-state index in [9.17, 15) is 4.79 Å². The summed E-state index contributed by atoms with van der Waals surface area (Å²) in [4.78, 5) is 16.2. The molecular formula is C11H14N4OS. The predicted molar refractivity (Wildman–Crippen MR) is 66.1 cm³/mol. The summed E-state index contributed by atoms with van der Waals surface area (Å²) in [6.07, 6.45) is 4.61. The molecule has 90 valence electrons. The fraction of sp³-hybridized carbons (Fsp3) is 0.364. The molecule has 0 amide bonds. The second-order valence-corrected chi connectivity index (χ2v) is 4.73. The SMILES string of the molecule is Cn1cc(CC(=O)c2csc(CCN)n2)cn1. The van der Waals surface area contributed by atoms with Gasteiger partial charge in [-0.3, -0.25) is 9.48 Å². The third-order valence-corrected chi connectivity index (χ3v) is 3.23. The van der Waals surface area contributed by atoms with E-state index in [4.69, 9.17) is 5.73 Å². The van der Waals surface area contributed by atoms with E-state index >= 15 is 0 Å². The van der Waals surface area contributed by atoms with Gasteiger partial charge in [-0.2, -0.15) is 5.10 Å². The number of thiazole rings is 1. The number of aryl methyl sites for hydroxylation is 1. The number of ketones is 1. The van der Waals surface area contributed by atoms with Gasteiger partial charge >= 0.3 is 0 Å². The number of rotatable bonds is 5. The number of hydrogen-bond acceptors (Lipinski definition) is 5. The first-order chi connectivity index (χ1) is 8.19. The molecule has 6 heteroatoms. The maximum Gasteiger partial charge on any atom is 0.186 e. The zero-order chi connectivity index (χ0) is 12.3. The number of nitrogens with two attached hydrogens (primary N) is 1. The smallest absolute Gasteiger partial charge is 0.186 e. The number of aromatic nitrogens is 3. The molecule has 0 spiro atoms. The van der Waals surface area contributed by atoms with Crippen molar-refractivity contribution in [3.8, 4) is 0 Å². The molecule has 2 aromatic heterocycles. The van der Waals surface area contributed by atoms with Crippen molar-refractivity contribution in [2.24, 2.45) is 12.8 Å². The molecule has 0 saturated heterocycles. The molecule has 0 bridgehead atoms. The Morgan fingerprint density at radius 2 is 2.41 bits per heavy atom. The summed E-state index contributed by atoms with van der Waals surface area (Å²) < 4.78 is 1.68. The molecule has 0 aliphatic heterocycles. The van der Waals surface area contributed by atoms with Crippen molar-refractivity contribution in [3.05, 3.63) is 34.0 Å². The lowest BCUT2D eigenvalue weighted by atomic mass is 10.1. The molecule has 0 aliphatic rings. The molecule has 0 aromatic carbocycles. The molecule has 2 N–H and O–H groups in total. The highest BCUT2D eigenvalue weighted by atomic mass is 32.1. The fourth-order valence-electron chi connectivity index (χ4n) is 1.52. The molecule has 0 radical (unpaired) electrons. The molecule has 0 saturated carbocycles. The Bertz CT molecular complexity index is 517. The van der Waals surface area contributed by atoms with E-state index in [1.165, 1.54) is 11.3 Å². The van der Waals surface area contributed by atoms with Crippen molar-refractivity contribution in [3.63, 3.8) is 0 Å². The first-order valence-corrected chi connectivity index (χ1v) is 6.22. The molecule has 0 atom stereocenters. The third kappa shape index (κ3) is 2.98. The number of carbonyl (C=O) groups is 1. The molecule has 2 heterocycles. The van der Waals surface area contributed by atoms with Gasteiger partial charge in [0.25, 0.3) is 0 Å². The van der Waals surface area contributed by atoms with Crippen molar-refractivity contribution in [1.29, 1.82) is 0 Å². The van der Waals surface area contributed by atoms with Crippen molar-refractivity contribution < 1.29 is 4.79 Å². The Morgan fingerprint density at radius 3 is 3.06 bits per heavy atom. The van der Waals surface area contributed by atoms with Crippen LogP contribution in [0.15, 0.2) is 17.8 Å². The maximum absolute atomic E-state index is 11.9. The van der Waals surface area contributed by atoms with E-state index in [2.05, 4.69) is 10.1 Å². The zero-order valence-corrected chi connectivity index (χ0v) is 10.4. The number of carbonyl (C=O) groups excluding carboxylic acids is 1.